The van der Waals surface area contributed by atoms with Gasteiger partial charge < -0.3 is 4.57 Å². The van der Waals surface area contributed by atoms with Gasteiger partial charge in [0.25, 0.3) is 0 Å². The third kappa shape index (κ3) is 1.95. The second-order valence-corrected chi connectivity index (χ2v) is 6.26. The highest BCUT2D eigenvalue weighted by Gasteiger charge is 2.29. The number of aromatic nitrogens is 2. The Morgan fingerprint density at radius 1 is 1.53 bits per heavy atom. The number of halogens is 3. The van der Waals surface area contributed by atoms with E-state index in [1.54, 1.807) is 12.1 Å². The predicted octanol–water partition coefficient (Wildman–Crippen LogP) is 4.41. The normalized spacial score (nSPS) is 17.6. The number of hydrogen-bond donors (Lipinski definition) is 0. The Kier molecular flexibility index (Phi) is 2.82. The number of benzene rings is 1. The van der Waals surface area contributed by atoms with Crippen LogP contribution in [0, 0.1) is 9.39 Å². The molecule has 1 aromatic heterocycles. The lowest BCUT2D eigenvalue weighted by molar-refractivity contribution is 0.620. The zero-order valence-corrected chi connectivity index (χ0v) is 12.2. The first-order valence-electron chi connectivity index (χ1n) is 5.59. The van der Waals surface area contributed by atoms with Crippen LogP contribution in [0.1, 0.15) is 37.0 Å². The molecule has 0 bridgehead atoms. The van der Waals surface area contributed by atoms with Crippen molar-refractivity contribution >= 4 is 45.2 Å². The van der Waals surface area contributed by atoms with Crippen LogP contribution in [0.5, 0.6) is 0 Å². The summed E-state index contributed by atoms with van der Waals surface area (Å²) in [6.45, 7) is 1.91. The smallest absolute Gasteiger partial charge is 0.138 e. The Balaban J connectivity index is 2.31. The molecule has 5 heteroatoms. The molecule has 90 valence electrons. The molecule has 1 atom stereocenters. The molecule has 1 aliphatic rings. The van der Waals surface area contributed by atoms with Gasteiger partial charge >= 0.3 is 0 Å². The fourth-order valence-corrected chi connectivity index (χ4v) is 2.71. The molecule has 17 heavy (non-hydrogen) atoms. The summed E-state index contributed by atoms with van der Waals surface area (Å²) >= 11 is 8.14. The lowest BCUT2D eigenvalue weighted by atomic mass is 10.3. The van der Waals surface area contributed by atoms with Crippen molar-refractivity contribution in [2.45, 2.75) is 31.2 Å². The van der Waals surface area contributed by atoms with E-state index in [-0.39, 0.29) is 11.2 Å². The van der Waals surface area contributed by atoms with Crippen LogP contribution in [0.15, 0.2) is 12.1 Å². The molecular weight excluding hydrogens is 354 g/mol. The number of fused-ring (bicyclic) bond motifs is 1. The molecule has 1 aromatic carbocycles. The van der Waals surface area contributed by atoms with Crippen LogP contribution in [0.4, 0.5) is 4.39 Å². The first-order valence-corrected chi connectivity index (χ1v) is 7.10. The van der Waals surface area contributed by atoms with Gasteiger partial charge in [0.1, 0.15) is 11.6 Å². The highest BCUT2D eigenvalue weighted by molar-refractivity contribution is 14.1. The number of imidazole rings is 1. The maximum atomic E-state index is 13.6. The van der Waals surface area contributed by atoms with Gasteiger partial charge in [0.05, 0.1) is 20.0 Å². The van der Waals surface area contributed by atoms with E-state index in [2.05, 4.69) is 9.55 Å². The van der Waals surface area contributed by atoms with Crippen molar-refractivity contribution in [2.24, 2.45) is 0 Å². The maximum Gasteiger partial charge on any atom is 0.138 e. The van der Waals surface area contributed by atoms with Gasteiger partial charge in [-0.3, -0.25) is 0 Å². The molecule has 1 unspecified atom stereocenters. The summed E-state index contributed by atoms with van der Waals surface area (Å²) in [7, 11) is 0. The molecule has 0 spiro atoms. The molecule has 2 nitrogen and oxygen atoms in total. The average Bonchev–Trinajstić information content (AvgIpc) is 3.02. The van der Waals surface area contributed by atoms with E-state index in [4.69, 9.17) is 11.6 Å². The van der Waals surface area contributed by atoms with Gasteiger partial charge in [-0.15, -0.1) is 11.6 Å². The SMILES string of the molecule is CC(Cl)c1nc2cc(I)c(F)cc2n1C1CC1. The number of hydrogen-bond acceptors (Lipinski definition) is 1. The topological polar surface area (TPSA) is 17.8 Å². The van der Waals surface area contributed by atoms with Gasteiger partial charge in [-0.05, 0) is 48.4 Å². The van der Waals surface area contributed by atoms with Crippen molar-refractivity contribution in [3.8, 4) is 0 Å². The summed E-state index contributed by atoms with van der Waals surface area (Å²) in [5.41, 5.74) is 1.71. The summed E-state index contributed by atoms with van der Waals surface area (Å²) < 4.78 is 16.3. The van der Waals surface area contributed by atoms with Gasteiger partial charge in [0.2, 0.25) is 0 Å². The van der Waals surface area contributed by atoms with Crippen LogP contribution in [0.3, 0.4) is 0 Å². The molecule has 0 radical (unpaired) electrons. The Bertz CT molecular complexity index is 590. The van der Waals surface area contributed by atoms with E-state index < -0.39 is 0 Å². The molecule has 3 rings (SSSR count). The number of rotatable bonds is 2. The van der Waals surface area contributed by atoms with Crippen LogP contribution < -0.4 is 0 Å². The fourth-order valence-electron chi connectivity index (χ4n) is 2.11. The van der Waals surface area contributed by atoms with Gasteiger partial charge in [0.15, 0.2) is 0 Å². The zero-order chi connectivity index (χ0) is 12.2. The summed E-state index contributed by atoms with van der Waals surface area (Å²) in [5.74, 6) is 0.666. The quantitative estimate of drug-likeness (QED) is 0.570. The first-order chi connectivity index (χ1) is 8.08. The first kappa shape index (κ1) is 11.7. The molecule has 1 saturated carbocycles. The Hall–Kier alpha value is -0.360. The molecule has 0 aliphatic heterocycles. The molecule has 1 fully saturated rings. The molecule has 0 amide bonds. The zero-order valence-electron chi connectivity index (χ0n) is 9.25. The van der Waals surface area contributed by atoms with E-state index in [9.17, 15) is 4.39 Å². The summed E-state index contributed by atoms with van der Waals surface area (Å²) in [4.78, 5) is 4.53. The summed E-state index contributed by atoms with van der Waals surface area (Å²) in [5, 5.41) is -0.149. The molecule has 0 saturated heterocycles. The lowest BCUT2D eigenvalue weighted by Gasteiger charge is -2.08. The molecule has 0 N–H and O–H groups in total. The van der Waals surface area contributed by atoms with Crippen molar-refractivity contribution in [3.05, 3.63) is 27.3 Å². The number of nitrogens with zero attached hydrogens (tertiary/aromatic N) is 2. The van der Waals surface area contributed by atoms with Crippen molar-refractivity contribution in [1.29, 1.82) is 0 Å². The number of alkyl halides is 1. The molecule has 1 heterocycles. The largest absolute Gasteiger partial charge is 0.324 e. The van der Waals surface area contributed by atoms with Crippen molar-refractivity contribution in [2.75, 3.05) is 0 Å². The van der Waals surface area contributed by atoms with Crippen LogP contribution in [0.2, 0.25) is 0 Å². The van der Waals surface area contributed by atoms with Crippen LogP contribution in [0.25, 0.3) is 11.0 Å². The summed E-state index contributed by atoms with van der Waals surface area (Å²) in [6.07, 6.45) is 2.27. The fraction of sp³-hybridized carbons (Fsp3) is 0.417. The minimum absolute atomic E-state index is 0.149. The minimum Gasteiger partial charge on any atom is -0.324 e. The monoisotopic (exact) mass is 364 g/mol. The van der Waals surface area contributed by atoms with Gasteiger partial charge in [-0.2, -0.15) is 0 Å². The minimum atomic E-state index is -0.186. The molecule has 2 aromatic rings. The van der Waals surface area contributed by atoms with Crippen molar-refractivity contribution < 1.29 is 4.39 Å². The standard InChI is InChI=1S/C12H11ClFIN2/c1-6(13)12-16-10-5-9(15)8(14)4-11(10)17(12)7-2-3-7/h4-7H,2-3H2,1H3. The van der Waals surface area contributed by atoms with Crippen LogP contribution in [-0.2, 0) is 0 Å². The Morgan fingerprint density at radius 3 is 2.82 bits per heavy atom. The van der Waals surface area contributed by atoms with Gasteiger partial charge in [-0.25, -0.2) is 9.37 Å². The van der Waals surface area contributed by atoms with Gasteiger partial charge in [-0.1, -0.05) is 0 Å². The Morgan fingerprint density at radius 2 is 2.24 bits per heavy atom. The molecule has 1 aliphatic carbocycles. The maximum absolute atomic E-state index is 13.6. The third-order valence-electron chi connectivity index (χ3n) is 3.03. The van der Waals surface area contributed by atoms with Crippen molar-refractivity contribution in [3.63, 3.8) is 0 Å². The van der Waals surface area contributed by atoms with E-state index in [1.165, 1.54) is 0 Å². The van der Waals surface area contributed by atoms with Crippen molar-refractivity contribution in [1.82, 2.24) is 9.55 Å². The predicted molar refractivity (Wildman–Crippen MR) is 74.9 cm³/mol. The van der Waals surface area contributed by atoms with Gasteiger partial charge in [0, 0.05) is 12.1 Å². The van der Waals surface area contributed by atoms with E-state index in [0.717, 1.165) is 29.7 Å². The summed E-state index contributed by atoms with van der Waals surface area (Å²) in [6, 6.07) is 3.81. The van der Waals surface area contributed by atoms with E-state index in [0.29, 0.717) is 9.61 Å². The molecular formula is C12H11ClFIN2. The highest BCUT2D eigenvalue weighted by atomic mass is 127. The van der Waals surface area contributed by atoms with Crippen LogP contribution >= 0.6 is 34.2 Å². The lowest BCUT2D eigenvalue weighted by Crippen LogP contribution is -2.02. The average molecular weight is 365 g/mol. The second kappa shape index (κ2) is 4.09. The van der Waals surface area contributed by atoms with Crippen LogP contribution in [-0.4, -0.2) is 9.55 Å². The Labute approximate surface area is 117 Å². The second-order valence-electron chi connectivity index (χ2n) is 4.44. The van der Waals surface area contributed by atoms with E-state index >= 15 is 0 Å². The third-order valence-corrected chi connectivity index (χ3v) is 4.05. The van der Waals surface area contributed by atoms with E-state index in [1.807, 2.05) is 29.5 Å². The highest BCUT2D eigenvalue weighted by Crippen LogP contribution is 2.41.